The van der Waals surface area contributed by atoms with Crippen LogP contribution in [0, 0.1) is 0 Å². The number of aromatic amines is 1. The van der Waals surface area contributed by atoms with Gasteiger partial charge in [0.25, 0.3) is 0 Å². The van der Waals surface area contributed by atoms with Crippen LogP contribution >= 0.6 is 12.0 Å². The molecule has 0 saturated carbocycles. The average Bonchev–Trinajstić information content (AvgIpc) is 2.23. The minimum Gasteiger partial charge on any atom is -0.368 e. The van der Waals surface area contributed by atoms with Crippen molar-refractivity contribution in [2.24, 2.45) is 0 Å². The van der Waals surface area contributed by atoms with E-state index in [1.54, 1.807) is 0 Å². The summed E-state index contributed by atoms with van der Waals surface area (Å²) in [6.07, 6.45) is 3.75. The lowest BCUT2D eigenvalue weighted by Gasteiger charge is -1.49. The normalized spacial score (nSPS) is 6.57. The van der Waals surface area contributed by atoms with Gasteiger partial charge in [0.1, 0.15) is 12.0 Å². The predicted molar refractivity (Wildman–Crippen MR) is 27.8 cm³/mol. The maximum atomic E-state index is 8.97. The van der Waals surface area contributed by atoms with Gasteiger partial charge in [0.2, 0.25) is 0 Å². The number of nitrogens with one attached hydrogen (secondary N) is 1. The molecule has 0 aliphatic heterocycles. The molecule has 0 unspecified atom stereocenters. The number of rotatable bonds is 0. The van der Waals surface area contributed by atoms with Crippen LogP contribution in [0.25, 0.3) is 0 Å². The lowest BCUT2D eigenvalue weighted by atomic mass is 10.7. The molecule has 1 aromatic heterocycles. The monoisotopic (exact) mass is 121 g/mol. The van der Waals surface area contributed by atoms with Crippen LogP contribution < -0.4 is 0 Å². The molecule has 0 saturated heterocycles. The van der Waals surface area contributed by atoms with Gasteiger partial charge < -0.3 is 4.98 Å². The van der Waals surface area contributed by atoms with Crippen LogP contribution in [0.5, 0.6) is 0 Å². The van der Waals surface area contributed by atoms with Crippen molar-refractivity contribution in [3.63, 3.8) is 0 Å². The van der Waals surface area contributed by atoms with Crippen molar-refractivity contribution in [1.82, 2.24) is 4.98 Å². The van der Waals surface area contributed by atoms with Crippen molar-refractivity contribution < 1.29 is 3.98 Å². The van der Waals surface area contributed by atoms with Crippen LogP contribution in [0.4, 0.5) is 3.98 Å². The average molecular weight is 122 g/mol. The van der Waals surface area contributed by atoms with Gasteiger partial charge in [-0.05, 0) is 12.1 Å². The fourth-order valence-corrected chi connectivity index (χ4v) is 0.278. The maximum Gasteiger partial charge on any atom is 0.116 e. The summed E-state index contributed by atoms with van der Waals surface area (Å²) in [5.74, 6) is 0. The Morgan fingerprint density at radius 2 is 1.57 bits per heavy atom. The second-order valence-corrected chi connectivity index (χ2v) is 0.885. The first-order valence-electron chi connectivity index (χ1n) is 1.72. The number of halogens is 2. The molecule has 0 bridgehead atoms. The molecule has 0 aromatic carbocycles. The second-order valence-electron chi connectivity index (χ2n) is 0.885. The first-order valence-corrected chi connectivity index (χ1v) is 2.01. The topological polar surface area (TPSA) is 15.8 Å². The van der Waals surface area contributed by atoms with E-state index in [1.165, 1.54) is 0 Å². The van der Waals surface area contributed by atoms with Gasteiger partial charge in [0.05, 0.1) is 0 Å². The van der Waals surface area contributed by atoms with E-state index in [4.69, 9.17) is 3.98 Å². The Hall–Kier alpha value is -0.500. The van der Waals surface area contributed by atoms with Crippen LogP contribution in [0.3, 0.4) is 0 Å². The SMILES string of the molecule is FCl.c1cc[nH]c1. The van der Waals surface area contributed by atoms with E-state index in [-0.39, 0.29) is 0 Å². The van der Waals surface area contributed by atoms with Crippen LogP contribution in [-0.4, -0.2) is 4.98 Å². The van der Waals surface area contributed by atoms with Gasteiger partial charge in [-0.15, -0.1) is 3.98 Å². The highest BCUT2D eigenvalue weighted by atomic mass is 35.5. The van der Waals surface area contributed by atoms with Crippen LogP contribution in [0.15, 0.2) is 24.5 Å². The highest BCUT2D eigenvalue weighted by molar-refractivity contribution is 6.06. The Kier molecular flexibility index (Phi) is 5.11. The molecule has 40 valence electrons. The maximum absolute atomic E-state index is 8.97. The van der Waals surface area contributed by atoms with Crippen LogP contribution in [0.1, 0.15) is 0 Å². The molecule has 0 fully saturated rings. The van der Waals surface area contributed by atoms with Gasteiger partial charge in [-0.1, -0.05) is 0 Å². The quantitative estimate of drug-likeness (QED) is 0.541. The molecule has 0 spiro atoms. The van der Waals surface area contributed by atoms with Gasteiger partial charge in [-0.25, -0.2) is 0 Å². The summed E-state index contributed by atoms with van der Waals surface area (Å²) in [7, 11) is 0. The minimum atomic E-state index is 1.88. The van der Waals surface area contributed by atoms with Gasteiger partial charge in [-0.2, -0.15) is 0 Å². The number of aromatic nitrogens is 1. The van der Waals surface area contributed by atoms with Crippen molar-refractivity contribution in [3.05, 3.63) is 24.5 Å². The van der Waals surface area contributed by atoms with Crippen molar-refractivity contribution >= 4 is 12.0 Å². The third-order valence-corrected chi connectivity index (χ3v) is 0.496. The summed E-state index contributed by atoms with van der Waals surface area (Å²) < 4.78 is 8.97. The Morgan fingerprint density at radius 3 is 1.71 bits per heavy atom. The minimum absolute atomic E-state index is 1.88. The first-order chi connectivity index (χ1) is 3.50. The van der Waals surface area contributed by atoms with Gasteiger partial charge in [-0.3, -0.25) is 0 Å². The van der Waals surface area contributed by atoms with E-state index in [0.29, 0.717) is 0 Å². The number of hydrogen-bond donors (Lipinski definition) is 1. The second kappa shape index (κ2) is 5.50. The van der Waals surface area contributed by atoms with E-state index in [1.807, 2.05) is 24.5 Å². The summed E-state index contributed by atoms with van der Waals surface area (Å²) in [4.78, 5) is 2.86. The third kappa shape index (κ3) is 3.33. The molecule has 0 atom stereocenters. The summed E-state index contributed by atoms with van der Waals surface area (Å²) in [6, 6.07) is 3.89. The predicted octanol–water partition coefficient (Wildman–Crippen LogP) is 2.12. The number of hydrogen-bond acceptors (Lipinski definition) is 0. The van der Waals surface area contributed by atoms with Gasteiger partial charge >= 0.3 is 0 Å². The fourth-order valence-electron chi connectivity index (χ4n) is 0.278. The fraction of sp³-hybridized carbons (Fsp3) is 0. The Labute approximate surface area is 46.4 Å². The first kappa shape index (κ1) is 6.50. The largest absolute Gasteiger partial charge is 0.368 e. The van der Waals surface area contributed by atoms with Crippen molar-refractivity contribution in [1.29, 1.82) is 0 Å². The summed E-state index contributed by atoms with van der Waals surface area (Å²) >= 11 is 3.14. The molecule has 0 radical (unpaired) electrons. The molecule has 3 heteroatoms. The molecular weight excluding hydrogens is 117 g/mol. The molecule has 0 aliphatic rings. The van der Waals surface area contributed by atoms with E-state index < -0.39 is 0 Å². The van der Waals surface area contributed by atoms with E-state index in [0.717, 1.165) is 0 Å². The zero-order valence-electron chi connectivity index (χ0n) is 3.57. The zero-order chi connectivity index (χ0) is 5.54. The van der Waals surface area contributed by atoms with Gasteiger partial charge in [0.15, 0.2) is 0 Å². The highest BCUT2D eigenvalue weighted by Gasteiger charge is 1.55. The molecule has 1 aromatic rings. The van der Waals surface area contributed by atoms with Crippen molar-refractivity contribution in [3.8, 4) is 0 Å². The molecule has 7 heavy (non-hydrogen) atoms. The van der Waals surface area contributed by atoms with Crippen molar-refractivity contribution in [2.45, 2.75) is 0 Å². The lowest BCUT2D eigenvalue weighted by molar-refractivity contribution is 0.906. The molecular formula is C4H5ClFN. The standard InChI is InChI=1S/C4H5N.ClF/c1-2-4-5-3-1;1-2/h1-5H;. The van der Waals surface area contributed by atoms with Crippen LogP contribution in [0.2, 0.25) is 0 Å². The molecule has 0 aliphatic carbocycles. The number of H-pyrrole nitrogens is 1. The Morgan fingerprint density at radius 1 is 1.14 bits per heavy atom. The van der Waals surface area contributed by atoms with E-state index in [9.17, 15) is 0 Å². The van der Waals surface area contributed by atoms with Crippen molar-refractivity contribution in [2.75, 3.05) is 0 Å². The van der Waals surface area contributed by atoms with Crippen LogP contribution in [-0.2, 0) is 0 Å². The smallest absolute Gasteiger partial charge is 0.116 e. The molecule has 0 amide bonds. The third-order valence-electron chi connectivity index (χ3n) is 0.496. The molecule has 1 heterocycles. The Bertz CT molecular complexity index is 68.2. The summed E-state index contributed by atoms with van der Waals surface area (Å²) in [6.45, 7) is 0. The highest BCUT2D eigenvalue weighted by Crippen LogP contribution is 1.72. The summed E-state index contributed by atoms with van der Waals surface area (Å²) in [5.41, 5.74) is 0. The van der Waals surface area contributed by atoms with Gasteiger partial charge in [0, 0.05) is 12.4 Å². The van der Waals surface area contributed by atoms with E-state index >= 15 is 0 Å². The molecule has 1 nitrogen and oxygen atoms in total. The lowest BCUT2D eigenvalue weighted by Crippen LogP contribution is -1.38. The molecule has 1 N–H and O–H groups in total. The Balaban J connectivity index is 0.000000162. The summed E-state index contributed by atoms with van der Waals surface area (Å²) in [5, 5.41) is 0. The van der Waals surface area contributed by atoms with E-state index in [2.05, 4.69) is 16.9 Å². The zero-order valence-corrected chi connectivity index (χ0v) is 4.32. The molecule has 1 rings (SSSR count).